The number of hydrogen-bond acceptors (Lipinski definition) is 7. The zero-order valence-corrected chi connectivity index (χ0v) is 26.0. The quantitative estimate of drug-likeness (QED) is 0.268. The Morgan fingerprint density at radius 2 is 1.16 bits per heavy atom. The van der Waals surface area contributed by atoms with Gasteiger partial charge < -0.3 is 33.7 Å². The van der Waals surface area contributed by atoms with E-state index in [2.05, 4.69) is 5.32 Å². The molecule has 0 saturated carbocycles. The van der Waals surface area contributed by atoms with Gasteiger partial charge in [-0.2, -0.15) is 4.40 Å². The maximum Gasteiger partial charge on any atom is 0.343 e. The molecule has 0 aliphatic carbocycles. The first kappa shape index (κ1) is 30.8. The van der Waals surface area contributed by atoms with Crippen molar-refractivity contribution in [2.75, 3.05) is 49.7 Å². The van der Waals surface area contributed by atoms with E-state index >= 15 is 0 Å². The van der Waals surface area contributed by atoms with Crippen LogP contribution in [0, 0.1) is 0 Å². The lowest BCUT2D eigenvalue weighted by Gasteiger charge is -2.13. The van der Waals surface area contributed by atoms with Crippen molar-refractivity contribution >= 4 is 35.9 Å². The number of imidazole rings is 1. The number of methoxy groups -OCH3 is 6. The van der Waals surface area contributed by atoms with E-state index in [0.29, 0.717) is 45.8 Å². The number of nitrogens with one attached hydrogen (secondary N) is 1. The number of aryl methyl sites for hydroxylation is 2. The van der Waals surface area contributed by atoms with Gasteiger partial charge >= 0.3 is 5.65 Å². The van der Waals surface area contributed by atoms with Crippen LogP contribution in [0.5, 0.6) is 34.5 Å². The normalized spacial score (nSPS) is 11.3. The summed E-state index contributed by atoms with van der Waals surface area (Å²) < 4.78 is 38.8. The zero-order chi connectivity index (χ0) is 31.3. The fourth-order valence-corrected chi connectivity index (χ4v) is 4.93. The van der Waals surface area contributed by atoms with Crippen LogP contribution in [0.2, 0.25) is 0 Å². The standard InChI is InChI=1S/C32H37N4O7/c1-33-31(37)28-32-35(3)22(12-10-20-14-24(38-4)29(42-8)25(15-20)39-5)18-23(36(32)19-34(28)2)13-11-21-16-26(40-6)30(43-9)27(17-21)41-7/h10-19H,1-9H3/q+1/p+1/b12-10+,13-11+. The van der Waals surface area contributed by atoms with Crippen molar-refractivity contribution in [2.45, 2.75) is 0 Å². The van der Waals surface area contributed by atoms with Gasteiger partial charge in [0.2, 0.25) is 11.5 Å². The summed E-state index contributed by atoms with van der Waals surface area (Å²) >= 11 is 0. The summed E-state index contributed by atoms with van der Waals surface area (Å²) in [4.78, 5) is 13.0. The number of ether oxygens (including phenoxy) is 6. The molecule has 11 heteroatoms. The molecule has 1 N–H and O–H groups in total. The fourth-order valence-electron chi connectivity index (χ4n) is 4.93. The van der Waals surface area contributed by atoms with Crippen molar-refractivity contribution in [3.63, 3.8) is 0 Å². The summed E-state index contributed by atoms with van der Waals surface area (Å²) in [5.74, 6) is 3.04. The largest absolute Gasteiger partial charge is 0.493 e. The number of aromatic nitrogens is 3. The molecule has 0 spiro atoms. The molecule has 226 valence electrons. The van der Waals surface area contributed by atoms with Crippen LogP contribution in [-0.2, 0) is 14.1 Å². The highest BCUT2D eigenvalue weighted by molar-refractivity contribution is 5.95. The van der Waals surface area contributed by atoms with Gasteiger partial charge in [-0.1, -0.05) is 12.2 Å². The van der Waals surface area contributed by atoms with Crippen LogP contribution in [-0.4, -0.2) is 60.0 Å². The number of carbonyl (C=O) groups is 1. The van der Waals surface area contributed by atoms with Gasteiger partial charge in [0.15, 0.2) is 23.0 Å². The van der Waals surface area contributed by atoms with Crippen LogP contribution in [0.25, 0.3) is 30.0 Å². The number of benzene rings is 2. The van der Waals surface area contributed by atoms with E-state index in [1.807, 2.05) is 84.0 Å². The first-order chi connectivity index (χ1) is 20.7. The van der Waals surface area contributed by atoms with Gasteiger partial charge in [0.1, 0.15) is 11.4 Å². The van der Waals surface area contributed by atoms with E-state index in [1.165, 1.54) is 0 Å². The van der Waals surface area contributed by atoms with Crippen LogP contribution in [0.3, 0.4) is 0 Å². The average molecular weight is 591 g/mol. The molecule has 0 saturated heterocycles. The van der Waals surface area contributed by atoms with Crippen molar-refractivity contribution in [3.8, 4) is 34.5 Å². The highest BCUT2D eigenvalue weighted by Gasteiger charge is 2.29. The van der Waals surface area contributed by atoms with E-state index in [1.54, 1.807) is 54.3 Å². The molecule has 0 aliphatic rings. The number of hydrogen-bond donors (Lipinski definition) is 1. The smallest absolute Gasteiger partial charge is 0.343 e. The first-order valence-corrected chi connectivity index (χ1v) is 13.4. The Hall–Kier alpha value is -5.19. The third kappa shape index (κ3) is 5.92. The lowest BCUT2D eigenvalue weighted by atomic mass is 10.1. The molecular formula is C32H38N4O7+2. The van der Waals surface area contributed by atoms with Gasteiger partial charge in [0.05, 0.1) is 56.8 Å². The van der Waals surface area contributed by atoms with Gasteiger partial charge in [-0.3, -0.25) is 4.79 Å². The van der Waals surface area contributed by atoms with Gasteiger partial charge in [-0.15, -0.1) is 0 Å². The van der Waals surface area contributed by atoms with E-state index < -0.39 is 0 Å². The van der Waals surface area contributed by atoms with Crippen molar-refractivity contribution in [1.29, 1.82) is 0 Å². The third-order valence-corrected chi connectivity index (χ3v) is 7.07. The Labute approximate surface area is 251 Å². The van der Waals surface area contributed by atoms with Gasteiger partial charge in [-0.25, -0.2) is 9.13 Å². The monoisotopic (exact) mass is 590 g/mol. The molecule has 2 aromatic heterocycles. The van der Waals surface area contributed by atoms with Gasteiger partial charge in [0.25, 0.3) is 17.9 Å². The lowest BCUT2D eigenvalue weighted by molar-refractivity contribution is -0.680. The molecule has 0 unspecified atom stereocenters. The molecule has 0 fully saturated rings. The molecule has 0 atom stereocenters. The first-order valence-electron chi connectivity index (χ1n) is 13.4. The molecule has 0 radical (unpaired) electrons. The second kappa shape index (κ2) is 13.2. The van der Waals surface area contributed by atoms with E-state index in [4.69, 9.17) is 28.4 Å². The van der Waals surface area contributed by atoms with Crippen LogP contribution < -0.4 is 42.9 Å². The van der Waals surface area contributed by atoms with Crippen molar-refractivity contribution in [1.82, 2.24) is 9.72 Å². The van der Waals surface area contributed by atoms with Crippen molar-refractivity contribution < 1.29 is 42.3 Å². The van der Waals surface area contributed by atoms with Crippen LogP contribution in [0.1, 0.15) is 33.0 Å². The van der Waals surface area contributed by atoms with Crippen molar-refractivity contribution in [3.05, 3.63) is 64.9 Å². The van der Waals surface area contributed by atoms with Crippen LogP contribution >= 0.6 is 0 Å². The third-order valence-electron chi connectivity index (χ3n) is 7.07. The molecule has 4 aromatic rings. The number of nitrogens with zero attached hydrogens (tertiary/aromatic N) is 3. The van der Waals surface area contributed by atoms with Gasteiger partial charge in [0, 0.05) is 13.1 Å². The second-order valence-corrected chi connectivity index (χ2v) is 9.48. The minimum Gasteiger partial charge on any atom is -0.493 e. The summed E-state index contributed by atoms with van der Waals surface area (Å²) in [5, 5.41) is 2.75. The second-order valence-electron chi connectivity index (χ2n) is 9.48. The summed E-state index contributed by atoms with van der Waals surface area (Å²) in [5.41, 5.74) is 4.57. The summed E-state index contributed by atoms with van der Waals surface area (Å²) in [7, 11) is 14.8. The number of fused-ring (bicyclic) bond motifs is 1. The van der Waals surface area contributed by atoms with E-state index in [0.717, 1.165) is 22.5 Å². The molecule has 0 bridgehead atoms. The fraction of sp³-hybridized carbons (Fsp3) is 0.281. The Balaban J connectivity index is 1.90. The Morgan fingerprint density at radius 1 is 0.698 bits per heavy atom. The Bertz CT molecular complexity index is 1670. The summed E-state index contributed by atoms with van der Waals surface area (Å²) in [6.45, 7) is 0. The maximum absolute atomic E-state index is 13.0. The molecule has 2 aromatic carbocycles. The predicted molar refractivity (Wildman–Crippen MR) is 163 cm³/mol. The highest BCUT2D eigenvalue weighted by atomic mass is 16.5. The molecule has 2 heterocycles. The molecular weight excluding hydrogens is 552 g/mol. The number of amides is 1. The van der Waals surface area contributed by atoms with Crippen LogP contribution in [0.15, 0.2) is 36.7 Å². The van der Waals surface area contributed by atoms with Crippen LogP contribution in [0.4, 0.5) is 0 Å². The predicted octanol–water partition coefficient (Wildman–Crippen LogP) is 3.34. The molecule has 1 amide bonds. The lowest BCUT2D eigenvalue weighted by Crippen LogP contribution is -2.41. The number of rotatable bonds is 11. The minimum absolute atomic E-state index is 0.203. The van der Waals surface area contributed by atoms with Crippen molar-refractivity contribution in [2.24, 2.45) is 14.1 Å². The Kier molecular flexibility index (Phi) is 9.44. The molecule has 11 nitrogen and oxygen atoms in total. The molecule has 0 aliphatic heterocycles. The van der Waals surface area contributed by atoms with E-state index in [-0.39, 0.29) is 5.91 Å². The minimum atomic E-state index is -0.203. The SMILES string of the molecule is CNC(=O)c1c2n(c[n+]1C)c(/C=C/c1cc(OC)c(OC)c(OC)c1)cc(/C=C/c1cc(OC)c(OC)c(OC)c1)[n+]2C. The van der Waals surface area contributed by atoms with Gasteiger partial charge in [-0.05, 0) is 47.5 Å². The Morgan fingerprint density at radius 3 is 1.58 bits per heavy atom. The van der Waals surface area contributed by atoms with E-state index in [9.17, 15) is 4.79 Å². The average Bonchev–Trinajstić information content (AvgIpc) is 3.39. The zero-order valence-electron chi connectivity index (χ0n) is 26.0. The summed E-state index contributed by atoms with van der Waals surface area (Å²) in [6, 6.07) is 9.51. The molecule has 4 rings (SSSR count). The maximum atomic E-state index is 13.0. The molecule has 43 heavy (non-hydrogen) atoms. The summed E-state index contributed by atoms with van der Waals surface area (Å²) in [6.07, 6.45) is 9.72. The highest BCUT2D eigenvalue weighted by Crippen LogP contribution is 2.39. The number of carbonyl (C=O) groups excluding carboxylic acids is 1. The topological polar surface area (TPSA) is 96.7 Å².